The molecule has 0 spiro atoms. The van der Waals surface area contributed by atoms with Gasteiger partial charge in [0.2, 0.25) is 0 Å². The van der Waals surface area contributed by atoms with Crippen LogP contribution < -0.4 is 19.7 Å². The zero-order chi connectivity index (χ0) is 19.8. The maximum atomic E-state index is 5.51. The number of nitrogens with one attached hydrogen (secondary N) is 1. The fourth-order valence-corrected chi connectivity index (χ4v) is 3.53. The number of rotatable bonds is 6. The number of aliphatic imine (C=N–C) groups is 1. The fraction of sp³-hybridized carbons (Fsp3) is 0.409. The Morgan fingerprint density at radius 3 is 2.50 bits per heavy atom. The second-order valence-electron chi connectivity index (χ2n) is 6.72. The van der Waals surface area contributed by atoms with Crippen molar-refractivity contribution in [3.8, 4) is 11.5 Å². The van der Waals surface area contributed by atoms with E-state index in [0.717, 1.165) is 62.3 Å². The quantitative estimate of drug-likeness (QED) is 0.615. The van der Waals surface area contributed by atoms with E-state index in [0.29, 0.717) is 0 Å². The molecule has 6 heteroatoms. The van der Waals surface area contributed by atoms with Crippen LogP contribution in [0.2, 0.25) is 0 Å². The third kappa shape index (κ3) is 4.88. The van der Waals surface area contributed by atoms with Crippen LogP contribution in [0.4, 0.5) is 5.69 Å². The van der Waals surface area contributed by atoms with Gasteiger partial charge in [0.15, 0.2) is 5.96 Å². The van der Waals surface area contributed by atoms with Gasteiger partial charge in [-0.1, -0.05) is 24.3 Å². The summed E-state index contributed by atoms with van der Waals surface area (Å²) in [5.41, 5.74) is 2.41. The molecule has 0 aliphatic carbocycles. The largest absolute Gasteiger partial charge is 0.497 e. The van der Waals surface area contributed by atoms with Gasteiger partial charge in [-0.05, 0) is 36.2 Å². The highest BCUT2D eigenvalue weighted by molar-refractivity contribution is 5.80. The molecule has 0 saturated carbocycles. The number of anilines is 1. The van der Waals surface area contributed by atoms with Crippen molar-refractivity contribution in [2.75, 3.05) is 58.9 Å². The predicted molar refractivity (Wildman–Crippen MR) is 115 cm³/mol. The van der Waals surface area contributed by atoms with E-state index < -0.39 is 0 Å². The van der Waals surface area contributed by atoms with Gasteiger partial charge in [-0.3, -0.25) is 4.99 Å². The minimum atomic E-state index is 0.840. The van der Waals surface area contributed by atoms with Crippen LogP contribution in [0.5, 0.6) is 11.5 Å². The molecule has 1 aliphatic heterocycles. The highest BCUT2D eigenvalue weighted by atomic mass is 16.5. The van der Waals surface area contributed by atoms with Crippen molar-refractivity contribution >= 4 is 11.6 Å². The Morgan fingerprint density at radius 1 is 1.00 bits per heavy atom. The van der Waals surface area contributed by atoms with Gasteiger partial charge >= 0.3 is 0 Å². The molecule has 0 aromatic heterocycles. The molecule has 0 atom stereocenters. The van der Waals surface area contributed by atoms with Crippen molar-refractivity contribution in [3.05, 3.63) is 54.1 Å². The summed E-state index contributed by atoms with van der Waals surface area (Å²) in [5, 5.41) is 3.49. The molecule has 6 nitrogen and oxygen atoms in total. The van der Waals surface area contributed by atoms with Gasteiger partial charge in [0.1, 0.15) is 11.5 Å². The Labute approximate surface area is 167 Å². The number of benzene rings is 2. The van der Waals surface area contributed by atoms with Gasteiger partial charge in [0.05, 0.1) is 19.9 Å². The van der Waals surface area contributed by atoms with Crippen molar-refractivity contribution in [3.63, 3.8) is 0 Å². The predicted octanol–water partition coefficient (Wildman–Crippen LogP) is 2.64. The highest BCUT2D eigenvalue weighted by Gasteiger charge is 2.21. The summed E-state index contributed by atoms with van der Waals surface area (Å²) in [4.78, 5) is 9.16. The van der Waals surface area contributed by atoms with Crippen molar-refractivity contribution in [1.82, 2.24) is 10.2 Å². The molecule has 2 aromatic carbocycles. The van der Waals surface area contributed by atoms with E-state index in [1.807, 2.05) is 31.3 Å². The molecule has 28 heavy (non-hydrogen) atoms. The maximum Gasteiger partial charge on any atom is 0.193 e. The topological polar surface area (TPSA) is 49.3 Å². The van der Waals surface area contributed by atoms with Crippen molar-refractivity contribution in [1.29, 1.82) is 0 Å². The second-order valence-corrected chi connectivity index (χ2v) is 6.72. The zero-order valence-electron chi connectivity index (χ0n) is 17.0. The number of methoxy groups -OCH3 is 2. The van der Waals surface area contributed by atoms with Gasteiger partial charge in [-0.15, -0.1) is 0 Å². The summed E-state index contributed by atoms with van der Waals surface area (Å²) in [7, 11) is 5.27. The Balaban J connectivity index is 1.51. The SMILES string of the molecule is CN=C(NCCc1cccc(OC)c1)N1CCN(c2ccccc2OC)CC1. The summed E-state index contributed by atoms with van der Waals surface area (Å²) >= 11 is 0. The Hall–Kier alpha value is -2.89. The third-order valence-electron chi connectivity index (χ3n) is 5.05. The Kier molecular flexibility index (Phi) is 7.00. The summed E-state index contributed by atoms with van der Waals surface area (Å²) in [6.07, 6.45) is 0.928. The van der Waals surface area contributed by atoms with Crippen LogP contribution in [-0.4, -0.2) is 64.9 Å². The maximum absolute atomic E-state index is 5.51. The smallest absolute Gasteiger partial charge is 0.193 e. The molecule has 0 radical (unpaired) electrons. The first-order chi connectivity index (χ1) is 13.7. The lowest BCUT2D eigenvalue weighted by atomic mass is 10.1. The lowest BCUT2D eigenvalue weighted by molar-refractivity contribution is 0.367. The number of guanidine groups is 1. The van der Waals surface area contributed by atoms with Gasteiger partial charge < -0.3 is 24.6 Å². The number of nitrogens with zero attached hydrogens (tertiary/aromatic N) is 3. The van der Waals surface area contributed by atoms with Crippen molar-refractivity contribution in [2.45, 2.75) is 6.42 Å². The Bertz CT molecular complexity index is 786. The fourth-order valence-electron chi connectivity index (χ4n) is 3.53. The molecule has 3 rings (SSSR count). The van der Waals surface area contributed by atoms with Crippen LogP contribution in [0.3, 0.4) is 0 Å². The lowest BCUT2D eigenvalue weighted by Crippen LogP contribution is -2.52. The van der Waals surface area contributed by atoms with E-state index >= 15 is 0 Å². The molecule has 1 aliphatic rings. The van der Waals surface area contributed by atoms with Crippen LogP contribution in [0.15, 0.2) is 53.5 Å². The second kappa shape index (κ2) is 9.88. The minimum absolute atomic E-state index is 0.840. The summed E-state index contributed by atoms with van der Waals surface area (Å²) in [6, 6.07) is 16.4. The number of piperazine rings is 1. The molecule has 150 valence electrons. The first-order valence-electron chi connectivity index (χ1n) is 9.71. The summed E-state index contributed by atoms with van der Waals surface area (Å²) in [5.74, 6) is 2.79. The van der Waals surface area contributed by atoms with Gasteiger partial charge in [0, 0.05) is 39.8 Å². The molecule has 0 amide bonds. The lowest BCUT2D eigenvalue weighted by Gasteiger charge is -2.38. The van der Waals surface area contributed by atoms with E-state index in [2.05, 4.69) is 44.4 Å². The van der Waals surface area contributed by atoms with E-state index in [1.165, 1.54) is 5.56 Å². The zero-order valence-corrected chi connectivity index (χ0v) is 17.0. The van der Waals surface area contributed by atoms with E-state index in [1.54, 1.807) is 14.2 Å². The van der Waals surface area contributed by atoms with Crippen LogP contribution in [0.1, 0.15) is 5.56 Å². The molecule has 0 unspecified atom stereocenters. The minimum Gasteiger partial charge on any atom is -0.497 e. The average molecular weight is 383 g/mol. The van der Waals surface area contributed by atoms with Crippen LogP contribution in [-0.2, 0) is 6.42 Å². The molecule has 1 fully saturated rings. The number of hydrogen-bond donors (Lipinski definition) is 1. The van der Waals surface area contributed by atoms with Gasteiger partial charge in [0.25, 0.3) is 0 Å². The molecule has 1 N–H and O–H groups in total. The highest BCUT2D eigenvalue weighted by Crippen LogP contribution is 2.28. The van der Waals surface area contributed by atoms with Crippen molar-refractivity contribution in [2.24, 2.45) is 4.99 Å². The van der Waals surface area contributed by atoms with Crippen LogP contribution in [0, 0.1) is 0 Å². The standard InChI is InChI=1S/C22H30N4O2/c1-23-22(24-12-11-18-7-6-8-19(17-18)27-2)26-15-13-25(14-16-26)20-9-4-5-10-21(20)28-3/h4-10,17H,11-16H2,1-3H3,(H,23,24). The molecular formula is C22H30N4O2. The summed E-state index contributed by atoms with van der Waals surface area (Å²) in [6.45, 7) is 4.58. The van der Waals surface area contributed by atoms with Gasteiger partial charge in [-0.2, -0.15) is 0 Å². The average Bonchev–Trinajstić information content (AvgIpc) is 2.77. The third-order valence-corrected chi connectivity index (χ3v) is 5.05. The Morgan fingerprint density at radius 2 is 1.79 bits per heavy atom. The number of ether oxygens (including phenoxy) is 2. The molecule has 0 bridgehead atoms. The van der Waals surface area contributed by atoms with E-state index in [9.17, 15) is 0 Å². The van der Waals surface area contributed by atoms with Crippen LogP contribution in [0.25, 0.3) is 0 Å². The summed E-state index contributed by atoms with van der Waals surface area (Å²) < 4.78 is 10.8. The molecule has 1 heterocycles. The number of para-hydroxylation sites is 2. The first-order valence-corrected chi connectivity index (χ1v) is 9.71. The first kappa shape index (κ1) is 19.9. The monoisotopic (exact) mass is 382 g/mol. The molecule has 2 aromatic rings. The van der Waals surface area contributed by atoms with Gasteiger partial charge in [-0.25, -0.2) is 0 Å². The molecule has 1 saturated heterocycles. The normalized spacial score (nSPS) is 14.8. The van der Waals surface area contributed by atoms with E-state index in [-0.39, 0.29) is 0 Å². The van der Waals surface area contributed by atoms with E-state index in [4.69, 9.17) is 9.47 Å². The molecular weight excluding hydrogens is 352 g/mol. The number of hydrogen-bond acceptors (Lipinski definition) is 4. The van der Waals surface area contributed by atoms with Crippen molar-refractivity contribution < 1.29 is 9.47 Å². The van der Waals surface area contributed by atoms with Crippen LogP contribution >= 0.6 is 0 Å².